The number of fused-ring (bicyclic) bond motifs is 6. The van der Waals surface area contributed by atoms with Gasteiger partial charge in [0.2, 0.25) is 17.5 Å². The van der Waals surface area contributed by atoms with Crippen molar-refractivity contribution in [2.24, 2.45) is 0 Å². The minimum Gasteiger partial charge on any atom is -0.507 e. The molecule has 8 rings (SSSR count). The number of aliphatic hydroxyl groups excluding tert-OH is 4. The fourth-order valence-electron chi connectivity index (χ4n) is 8.73. The maximum absolute atomic E-state index is 12.2. The number of rotatable bonds is 19. The Hall–Kier alpha value is -10.2. The van der Waals surface area contributed by atoms with Gasteiger partial charge < -0.3 is 74.9 Å². The zero-order valence-corrected chi connectivity index (χ0v) is 46.2. The Labute approximate surface area is 476 Å². The first-order valence-corrected chi connectivity index (χ1v) is 25.2. The van der Waals surface area contributed by atoms with Gasteiger partial charge in [0.05, 0.1) is 54.2 Å². The Morgan fingerprint density at radius 3 is 1.67 bits per heavy atom. The molecule has 0 bridgehead atoms. The van der Waals surface area contributed by atoms with Crippen molar-refractivity contribution in [1.29, 1.82) is 0 Å². The number of hydrogen-bond donors (Lipinski definition) is 11. The third kappa shape index (κ3) is 13.4. The number of hydrogen-bond acceptors (Lipinski definition) is 23. The molecule has 0 unspecified atom stereocenters. The van der Waals surface area contributed by atoms with Gasteiger partial charge >= 0.3 is 5.97 Å². The van der Waals surface area contributed by atoms with Gasteiger partial charge in [-0.25, -0.2) is 14.8 Å². The molecule has 84 heavy (non-hydrogen) atoms. The second-order valence-electron chi connectivity index (χ2n) is 18.4. The van der Waals surface area contributed by atoms with E-state index in [1.807, 2.05) is 39.8 Å². The lowest BCUT2D eigenvalue weighted by atomic mass is 9.83. The lowest BCUT2D eigenvalue weighted by Gasteiger charge is -2.19. The number of aliphatic hydroxyl groups is 4. The molecule has 4 heterocycles. The normalized spacial score (nSPS) is 13.0. The zero-order valence-electron chi connectivity index (χ0n) is 46.2. The summed E-state index contributed by atoms with van der Waals surface area (Å²) in [5.41, 5.74) is 4.71. The number of nitrogens with zero attached hydrogens (tertiary/aromatic N) is 2. The highest BCUT2D eigenvalue weighted by atomic mass is 16.5. The lowest BCUT2D eigenvalue weighted by molar-refractivity contribution is -0.122. The summed E-state index contributed by atoms with van der Waals surface area (Å²) >= 11 is 0. The summed E-state index contributed by atoms with van der Waals surface area (Å²) in [5.74, 6) is -5.80. The maximum atomic E-state index is 12.2. The van der Waals surface area contributed by atoms with Crippen molar-refractivity contribution in [3.63, 3.8) is 0 Å². The van der Waals surface area contributed by atoms with Crippen LogP contribution in [-0.4, -0.2) is 134 Å². The number of phenolic OH excluding ortho intramolecular Hbond substituents is 2. The quantitative estimate of drug-likeness (QED) is 0.0119. The molecule has 0 amide bonds. The predicted molar refractivity (Wildman–Crippen MR) is 295 cm³/mol. The van der Waals surface area contributed by atoms with Crippen LogP contribution in [0, 0.1) is 13.8 Å². The topological polar surface area (TPSA) is 430 Å². The average molecular weight is 1160 g/mol. The second kappa shape index (κ2) is 28.5. The van der Waals surface area contributed by atoms with Crippen LogP contribution in [0.2, 0.25) is 0 Å². The van der Waals surface area contributed by atoms with Gasteiger partial charge in [-0.3, -0.25) is 38.4 Å². The Kier molecular flexibility index (Phi) is 21.9. The number of aromatic amines is 2. The second-order valence-corrected chi connectivity index (χ2v) is 18.4. The molecule has 442 valence electrons. The highest BCUT2D eigenvalue weighted by Crippen LogP contribution is 2.46. The molecule has 26 heteroatoms. The van der Waals surface area contributed by atoms with Gasteiger partial charge in [-0.2, -0.15) is 0 Å². The van der Waals surface area contributed by atoms with Crippen molar-refractivity contribution in [2.75, 3.05) is 13.2 Å². The molecule has 0 saturated heterocycles. The number of aromatic nitrogens is 4. The zero-order chi connectivity index (χ0) is 62.4. The Balaban J connectivity index is 0.000000206. The van der Waals surface area contributed by atoms with Crippen LogP contribution in [0.25, 0.3) is 33.1 Å². The van der Waals surface area contributed by atoms with Crippen molar-refractivity contribution in [1.82, 2.24) is 19.9 Å². The number of aromatic carboxylic acids is 1. The van der Waals surface area contributed by atoms with Crippen LogP contribution in [0.15, 0.2) is 69.9 Å². The Morgan fingerprint density at radius 1 is 0.583 bits per heavy atom. The molecule has 2 aromatic carbocycles. The average Bonchev–Trinajstić information content (AvgIpc) is 1.96. The van der Waals surface area contributed by atoms with Crippen molar-refractivity contribution >= 4 is 76.8 Å². The first kappa shape index (κ1) is 64.7. The number of nitrogens with one attached hydrogen (secondary N) is 2. The Bertz CT molecular complexity index is 3780. The third-order valence-corrected chi connectivity index (χ3v) is 13.5. The molecule has 11 N–H and O–H groups in total. The summed E-state index contributed by atoms with van der Waals surface area (Å²) in [5, 5.41) is 87.0. The van der Waals surface area contributed by atoms with E-state index in [9.17, 15) is 78.9 Å². The van der Waals surface area contributed by atoms with Crippen LogP contribution in [-0.2, 0) is 48.4 Å². The number of benzene rings is 2. The molecule has 2 aliphatic carbocycles. The van der Waals surface area contributed by atoms with E-state index in [0.717, 1.165) is 36.2 Å². The predicted octanol–water partition coefficient (Wildman–Crippen LogP) is 5.50. The van der Waals surface area contributed by atoms with Crippen LogP contribution in [0.5, 0.6) is 46.3 Å². The van der Waals surface area contributed by atoms with Crippen LogP contribution in [0.4, 0.5) is 0 Å². The number of ketones is 4. The molecule has 26 nitrogen and oxygen atoms in total. The number of carbonyl (C=O) groups excluding carboxylic acids is 8. The summed E-state index contributed by atoms with van der Waals surface area (Å²) in [6.07, 6.45) is 6.60. The summed E-state index contributed by atoms with van der Waals surface area (Å²) < 4.78 is 18.8. The highest BCUT2D eigenvalue weighted by molar-refractivity contribution is 6.52. The maximum Gasteiger partial charge on any atom is 0.352 e. The van der Waals surface area contributed by atoms with Crippen LogP contribution >= 0.6 is 0 Å². The minimum absolute atomic E-state index is 0.0185. The third-order valence-electron chi connectivity index (χ3n) is 13.5. The largest absolute Gasteiger partial charge is 0.507 e. The van der Waals surface area contributed by atoms with E-state index in [1.165, 1.54) is 11.6 Å². The van der Waals surface area contributed by atoms with E-state index in [0.29, 0.717) is 46.0 Å². The number of aromatic hydroxyl groups is 4. The van der Waals surface area contributed by atoms with Gasteiger partial charge in [0.15, 0.2) is 23.1 Å². The number of Topliss-reactive ketones (excluding diaryl/α,β-unsaturated/α-hetero) is 4. The summed E-state index contributed by atoms with van der Waals surface area (Å²) in [4.78, 5) is 115. The van der Waals surface area contributed by atoms with Crippen LogP contribution in [0.3, 0.4) is 0 Å². The number of carboxylic acids is 1. The summed E-state index contributed by atoms with van der Waals surface area (Å²) in [7, 11) is 0. The highest BCUT2D eigenvalue weighted by Gasteiger charge is 2.38. The number of pyridine rings is 2. The number of ether oxygens (including phenoxy) is 4. The molecule has 0 saturated carbocycles. The molecule has 0 radical (unpaired) electrons. The number of aryl methyl sites for hydroxylation is 1. The molecule has 2 aliphatic rings. The number of H-pyrrole nitrogens is 2. The van der Waals surface area contributed by atoms with E-state index >= 15 is 0 Å². The monoisotopic (exact) mass is 1160 g/mol. The Morgan fingerprint density at radius 2 is 1.12 bits per heavy atom. The van der Waals surface area contributed by atoms with E-state index in [4.69, 9.17) is 19.7 Å². The number of allylic oxidation sites excluding steroid dienone is 6. The number of carboxylic acid groups (broad SMARTS) is 1. The summed E-state index contributed by atoms with van der Waals surface area (Å²) in [6.45, 7) is 11.6. The van der Waals surface area contributed by atoms with Crippen molar-refractivity contribution in [2.45, 2.75) is 87.4 Å². The first-order chi connectivity index (χ1) is 40.0. The van der Waals surface area contributed by atoms with Gasteiger partial charge in [0.25, 0.3) is 31.7 Å². The van der Waals surface area contributed by atoms with Crippen LogP contribution < -0.4 is 18.9 Å². The molecular weight excluding hydrogens is 1100 g/mol. The molecule has 0 fully saturated rings. The van der Waals surface area contributed by atoms with Gasteiger partial charge in [-0.15, -0.1) is 0 Å². The molecule has 0 aliphatic heterocycles. The van der Waals surface area contributed by atoms with Crippen molar-refractivity contribution in [3.05, 3.63) is 115 Å². The van der Waals surface area contributed by atoms with Crippen LogP contribution in [0.1, 0.15) is 113 Å². The van der Waals surface area contributed by atoms with Crippen molar-refractivity contribution in [3.8, 4) is 57.5 Å². The fraction of sp³-hybridized carbons (Fsp3) is 0.259. The smallest absolute Gasteiger partial charge is 0.352 e. The van der Waals surface area contributed by atoms with E-state index < -0.39 is 55.4 Å². The van der Waals surface area contributed by atoms with Gasteiger partial charge in [-0.05, 0) is 78.0 Å². The van der Waals surface area contributed by atoms with Gasteiger partial charge in [-0.1, -0.05) is 37.1 Å². The molecular formula is C58H58N4O22. The van der Waals surface area contributed by atoms with E-state index in [-0.39, 0.29) is 134 Å². The van der Waals surface area contributed by atoms with E-state index in [1.54, 1.807) is 26.8 Å². The lowest BCUT2D eigenvalue weighted by Crippen LogP contribution is -2.26. The van der Waals surface area contributed by atoms with E-state index in [2.05, 4.69) is 29.4 Å². The first-order valence-electron chi connectivity index (χ1n) is 25.2. The number of phenols is 4. The number of carbonyl (C=O) groups is 9. The van der Waals surface area contributed by atoms with Gasteiger partial charge in [0, 0.05) is 62.2 Å². The molecule has 0 atom stereocenters. The minimum atomic E-state index is -1.35. The fourth-order valence-corrected chi connectivity index (χ4v) is 8.73. The summed E-state index contributed by atoms with van der Waals surface area (Å²) in [6, 6.07) is 4.92. The SMILES string of the molecule is CC/C(C)=C/CC1=C(C)C(=O)C(CO)=C(CO)C1=O.CC/C(C)=C/Cc1c(C)c(O)c(CO)c(CO)c1O.Cc1cc2c(O)c(O)c3nc(OC=O)cc(OC=O)c3c2[nH]1.O=COc1cc(OC=O)c2c(n1)C(=O)C(=O)c1cc(C(=O)O)[nH]c1-2. The van der Waals surface area contributed by atoms with Crippen molar-refractivity contribution < 1.29 is 108 Å². The molecule has 0 spiro atoms. The standard InChI is InChI=1S/C15H22O4.C15H20O4.C14H6N2O8.C14H10N2O6/c2*1-4-9(2)5-6-11-10(3)14(18)12(7-16)13(8-17)15(11)19;17-3-23-7-2-8(24-4-18)16-11-9(7)10-5(12(19)13(11)20)1-6(15-10)14(21)22;1-6-2-7-11(15-6)10-8(21-4-17)3-9(22-5-18)16-12(10)14(20)13(7)19/h5,16-19H,4,6-8H2,1-3H3;5,16-17H,4,6-8H2,1-3H3;1-4,15H,(H,21,22);2-5,15,19-20H,1H3/b2*9-5+;;. The molecule has 4 aromatic heterocycles. The molecule has 6 aromatic rings. The van der Waals surface area contributed by atoms with Gasteiger partial charge in [0.1, 0.15) is 39.9 Å².